The van der Waals surface area contributed by atoms with E-state index in [-0.39, 0.29) is 17.9 Å². The van der Waals surface area contributed by atoms with Crippen LogP contribution in [-0.2, 0) is 6.42 Å². The Labute approximate surface area is 116 Å². The van der Waals surface area contributed by atoms with Crippen LogP contribution in [0.15, 0.2) is 36.5 Å². The number of aryl methyl sites for hydroxylation is 2. The molecule has 5 heteroatoms. The summed E-state index contributed by atoms with van der Waals surface area (Å²) in [5.74, 6) is -0.168. The van der Waals surface area contributed by atoms with Crippen molar-refractivity contribution in [3.8, 4) is 0 Å². The molecular weight excluding hydrogens is 256 g/mol. The number of rotatable bonds is 4. The van der Waals surface area contributed by atoms with Crippen LogP contribution in [-0.4, -0.2) is 15.7 Å². The molecule has 0 amide bonds. The number of ketones is 1. The van der Waals surface area contributed by atoms with E-state index in [1.54, 1.807) is 25.3 Å². The Hall–Kier alpha value is -2.56. The van der Waals surface area contributed by atoms with Crippen LogP contribution in [0.3, 0.4) is 0 Å². The van der Waals surface area contributed by atoms with Gasteiger partial charge in [-0.3, -0.25) is 19.9 Å². The van der Waals surface area contributed by atoms with Crippen LogP contribution in [0.2, 0.25) is 0 Å². The summed E-state index contributed by atoms with van der Waals surface area (Å²) < 4.78 is 0. The smallest absolute Gasteiger partial charge is 0.270 e. The lowest BCUT2D eigenvalue weighted by molar-refractivity contribution is -0.384. The third-order valence-electron chi connectivity index (χ3n) is 3.04. The van der Waals surface area contributed by atoms with Crippen molar-refractivity contribution in [1.29, 1.82) is 0 Å². The molecule has 0 aliphatic heterocycles. The maximum atomic E-state index is 12.2. The lowest BCUT2D eigenvalue weighted by Gasteiger charge is -2.05. The summed E-state index contributed by atoms with van der Waals surface area (Å²) in [6.45, 7) is 3.62. The highest BCUT2D eigenvalue weighted by atomic mass is 16.6. The number of carbonyl (C=O) groups excluding carboxylic acids is 1. The third-order valence-corrected chi connectivity index (χ3v) is 3.04. The van der Waals surface area contributed by atoms with Crippen molar-refractivity contribution in [2.24, 2.45) is 0 Å². The van der Waals surface area contributed by atoms with E-state index in [2.05, 4.69) is 4.98 Å². The quantitative estimate of drug-likeness (QED) is 0.486. The maximum absolute atomic E-state index is 12.2. The van der Waals surface area contributed by atoms with Gasteiger partial charge in [-0.1, -0.05) is 6.07 Å². The van der Waals surface area contributed by atoms with Crippen molar-refractivity contribution in [1.82, 2.24) is 4.98 Å². The monoisotopic (exact) mass is 270 g/mol. The van der Waals surface area contributed by atoms with Gasteiger partial charge in [0.2, 0.25) is 0 Å². The summed E-state index contributed by atoms with van der Waals surface area (Å²) in [5.41, 5.74) is 2.61. The van der Waals surface area contributed by atoms with E-state index >= 15 is 0 Å². The van der Waals surface area contributed by atoms with E-state index in [4.69, 9.17) is 0 Å². The molecule has 0 saturated heterocycles. The van der Waals surface area contributed by atoms with Crippen LogP contribution in [0.5, 0.6) is 0 Å². The van der Waals surface area contributed by atoms with Crippen LogP contribution in [0.25, 0.3) is 0 Å². The van der Waals surface area contributed by atoms with Gasteiger partial charge in [0, 0.05) is 23.9 Å². The van der Waals surface area contributed by atoms with Crippen LogP contribution >= 0.6 is 0 Å². The molecule has 2 aromatic rings. The van der Waals surface area contributed by atoms with Gasteiger partial charge in [-0.2, -0.15) is 0 Å². The number of pyridine rings is 1. The normalized spacial score (nSPS) is 10.3. The van der Waals surface area contributed by atoms with Gasteiger partial charge in [-0.15, -0.1) is 0 Å². The van der Waals surface area contributed by atoms with Gasteiger partial charge in [0.15, 0.2) is 5.78 Å². The molecule has 1 aromatic heterocycles. The Balaban J connectivity index is 2.30. The summed E-state index contributed by atoms with van der Waals surface area (Å²) in [6, 6.07) is 8.11. The molecule has 5 nitrogen and oxygen atoms in total. The van der Waals surface area contributed by atoms with Gasteiger partial charge in [-0.05, 0) is 37.1 Å². The van der Waals surface area contributed by atoms with Crippen LogP contribution < -0.4 is 0 Å². The number of nitro benzene ring substituents is 1. The molecule has 1 heterocycles. The minimum absolute atomic E-state index is 0.0638. The molecule has 0 fully saturated rings. The van der Waals surface area contributed by atoms with E-state index in [9.17, 15) is 14.9 Å². The summed E-state index contributed by atoms with van der Waals surface area (Å²) >= 11 is 0. The molecule has 102 valence electrons. The number of nitro groups is 1. The molecule has 20 heavy (non-hydrogen) atoms. The Morgan fingerprint density at radius 1 is 1.30 bits per heavy atom. The average molecular weight is 270 g/mol. The van der Waals surface area contributed by atoms with Gasteiger partial charge in [0.05, 0.1) is 17.0 Å². The molecule has 0 radical (unpaired) electrons. The van der Waals surface area contributed by atoms with Crippen molar-refractivity contribution < 1.29 is 9.72 Å². The molecule has 0 saturated carbocycles. The highest BCUT2D eigenvalue weighted by molar-refractivity contribution is 5.98. The number of carbonyl (C=O) groups is 1. The van der Waals surface area contributed by atoms with Crippen molar-refractivity contribution in [2.75, 3.05) is 0 Å². The van der Waals surface area contributed by atoms with Crippen molar-refractivity contribution >= 4 is 11.5 Å². The minimum Gasteiger partial charge on any atom is -0.294 e. The summed E-state index contributed by atoms with van der Waals surface area (Å²) in [6.07, 6.45) is 1.78. The van der Waals surface area contributed by atoms with E-state index in [1.165, 1.54) is 12.1 Å². The SMILES string of the molecule is Cc1cc(C(=O)Cc2ncccc2C)cc([N+](=O)[O-])c1. The number of aromatic nitrogens is 1. The van der Waals surface area contributed by atoms with Gasteiger partial charge in [-0.25, -0.2) is 0 Å². The minimum atomic E-state index is -0.490. The van der Waals surface area contributed by atoms with Gasteiger partial charge < -0.3 is 0 Å². The number of benzene rings is 1. The molecule has 1 aromatic carbocycles. The predicted octanol–water partition coefficient (Wildman–Crippen LogP) is 3.03. The first-order chi connectivity index (χ1) is 9.47. The zero-order chi connectivity index (χ0) is 14.7. The molecular formula is C15H14N2O3. The van der Waals surface area contributed by atoms with Crippen molar-refractivity contribution in [3.05, 3.63) is 69.0 Å². The highest BCUT2D eigenvalue weighted by Gasteiger charge is 2.14. The molecule has 0 atom stereocenters. The molecule has 0 bridgehead atoms. The summed E-state index contributed by atoms with van der Waals surface area (Å²) in [7, 11) is 0. The predicted molar refractivity (Wildman–Crippen MR) is 74.8 cm³/mol. The molecule has 0 aliphatic rings. The molecule has 0 spiro atoms. The van der Waals surface area contributed by atoms with E-state index in [0.717, 1.165) is 5.56 Å². The Bertz CT molecular complexity index is 681. The number of non-ortho nitro benzene ring substituents is 1. The molecule has 0 aliphatic carbocycles. The lowest BCUT2D eigenvalue weighted by Crippen LogP contribution is -2.07. The Morgan fingerprint density at radius 3 is 2.70 bits per heavy atom. The molecule has 0 unspecified atom stereocenters. The summed E-state index contributed by atoms with van der Waals surface area (Å²) in [4.78, 5) is 26.7. The van der Waals surface area contributed by atoms with Gasteiger partial charge in [0.25, 0.3) is 5.69 Å². The van der Waals surface area contributed by atoms with E-state index in [1.807, 2.05) is 13.0 Å². The van der Waals surface area contributed by atoms with E-state index in [0.29, 0.717) is 16.8 Å². The number of Topliss-reactive ketones (excluding diaryl/α,β-unsaturated/α-hetero) is 1. The first-order valence-corrected chi connectivity index (χ1v) is 6.17. The lowest BCUT2D eigenvalue weighted by atomic mass is 10.0. The fourth-order valence-electron chi connectivity index (χ4n) is 1.99. The second-order valence-electron chi connectivity index (χ2n) is 4.68. The third kappa shape index (κ3) is 3.06. The largest absolute Gasteiger partial charge is 0.294 e. The topological polar surface area (TPSA) is 73.1 Å². The summed E-state index contributed by atoms with van der Waals surface area (Å²) in [5, 5.41) is 10.8. The second-order valence-corrected chi connectivity index (χ2v) is 4.68. The first-order valence-electron chi connectivity index (χ1n) is 6.17. The van der Waals surface area contributed by atoms with Crippen LogP contribution in [0.1, 0.15) is 27.2 Å². The Morgan fingerprint density at radius 2 is 2.05 bits per heavy atom. The van der Waals surface area contributed by atoms with Crippen LogP contribution in [0.4, 0.5) is 5.69 Å². The Kier molecular flexibility index (Phi) is 3.89. The number of hydrogen-bond acceptors (Lipinski definition) is 4. The number of hydrogen-bond donors (Lipinski definition) is 0. The molecule has 0 N–H and O–H groups in total. The highest BCUT2D eigenvalue weighted by Crippen LogP contribution is 2.18. The maximum Gasteiger partial charge on any atom is 0.270 e. The number of nitrogens with zero attached hydrogens (tertiary/aromatic N) is 2. The van der Waals surface area contributed by atoms with Gasteiger partial charge in [0.1, 0.15) is 0 Å². The van der Waals surface area contributed by atoms with Crippen LogP contribution in [0, 0.1) is 24.0 Å². The van der Waals surface area contributed by atoms with Gasteiger partial charge >= 0.3 is 0 Å². The first kappa shape index (κ1) is 13.9. The zero-order valence-corrected chi connectivity index (χ0v) is 11.3. The fourth-order valence-corrected chi connectivity index (χ4v) is 1.99. The second kappa shape index (κ2) is 5.61. The van der Waals surface area contributed by atoms with Crippen molar-refractivity contribution in [3.63, 3.8) is 0 Å². The average Bonchev–Trinajstić information content (AvgIpc) is 2.40. The van der Waals surface area contributed by atoms with E-state index < -0.39 is 4.92 Å². The standard InChI is InChI=1S/C15H14N2O3/c1-10-6-12(8-13(7-10)17(19)20)15(18)9-14-11(2)4-3-5-16-14/h3-8H,9H2,1-2H3. The van der Waals surface area contributed by atoms with Crippen molar-refractivity contribution in [2.45, 2.75) is 20.3 Å². The fraction of sp³-hybridized carbons (Fsp3) is 0.200. The molecule has 2 rings (SSSR count). The zero-order valence-electron chi connectivity index (χ0n) is 11.3.